The Balaban J connectivity index is 1.76. The fourth-order valence-electron chi connectivity index (χ4n) is 2.74. The molecule has 0 bridgehead atoms. The lowest BCUT2D eigenvalue weighted by Crippen LogP contribution is -2.44. The van der Waals surface area contributed by atoms with Gasteiger partial charge in [-0.05, 0) is 25.0 Å². The third-order valence-corrected chi connectivity index (χ3v) is 4.15. The zero-order valence-electron chi connectivity index (χ0n) is 14.6. The van der Waals surface area contributed by atoms with Crippen molar-refractivity contribution in [1.82, 2.24) is 10.6 Å². The maximum Gasteiger partial charge on any atom is 0.192 e. The monoisotopic (exact) mass is 331 g/mol. The van der Waals surface area contributed by atoms with Crippen LogP contribution in [0.4, 0.5) is 0 Å². The number of nitrogens with zero attached hydrogens (tertiary/aromatic N) is 1. The van der Waals surface area contributed by atoms with E-state index in [0.29, 0.717) is 12.2 Å². The molecule has 0 amide bonds. The van der Waals surface area contributed by atoms with Gasteiger partial charge >= 0.3 is 0 Å². The van der Waals surface area contributed by atoms with Crippen LogP contribution in [0.2, 0.25) is 0 Å². The van der Waals surface area contributed by atoms with Crippen molar-refractivity contribution in [3.8, 4) is 0 Å². The maximum absolute atomic E-state index is 11.2. The number of guanidine groups is 1. The van der Waals surface area contributed by atoms with Crippen molar-refractivity contribution in [2.75, 3.05) is 19.7 Å². The number of rotatable bonds is 9. The first-order valence-corrected chi connectivity index (χ1v) is 9.16. The second-order valence-electron chi connectivity index (χ2n) is 6.21. The van der Waals surface area contributed by atoms with E-state index in [1.54, 1.807) is 6.08 Å². The van der Waals surface area contributed by atoms with E-state index in [1.807, 2.05) is 18.1 Å². The van der Waals surface area contributed by atoms with E-state index in [1.165, 1.54) is 32.1 Å². The fraction of sp³-hybridized carbons (Fsp3) is 0.632. The third-order valence-electron chi connectivity index (χ3n) is 4.15. The van der Waals surface area contributed by atoms with Crippen molar-refractivity contribution in [3.63, 3.8) is 0 Å². The van der Waals surface area contributed by atoms with Gasteiger partial charge in [-0.3, -0.25) is 0 Å². The first-order chi connectivity index (χ1) is 11.8. The maximum atomic E-state index is 11.2. The number of aliphatic imine (C=N–C) groups is 1. The molecule has 1 saturated heterocycles. The predicted octanol–water partition coefficient (Wildman–Crippen LogP) is 2.88. The van der Waals surface area contributed by atoms with Gasteiger partial charge < -0.3 is 15.4 Å². The second kappa shape index (κ2) is 10.7. The van der Waals surface area contributed by atoms with Crippen molar-refractivity contribution in [2.45, 2.75) is 57.9 Å². The molecule has 5 heteroatoms. The minimum atomic E-state index is -0.294. The quantitative estimate of drug-likeness (QED) is 0.504. The van der Waals surface area contributed by atoms with Crippen molar-refractivity contribution in [2.24, 2.45) is 4.99 Å². The Morgan fingerprint density at radius 3 is 2.71 bits per heavy atom. The SMILES string of the molecule is CCCCCCCCOC1=CC(=C=O)C(N=C2NCCCN2)C=C1. The topological polar surface area (TPSA) is 62.7 Å². The zero-order valence-corrected chi connectivity index (χ0v) is 14.6. The molecule has 1 heterocycles. The number of hydrogen-bond donors (Lipinski definition) is 2. The molecule has 132 valence electrons. The minimum absolute atomic E-state index is 0.294. The van der Waals surface area contributed by atoms with Crippen LogP contribution < -0.4 is 10.6 Å². The number of carbonyl (C=O) groups excluding carboxylic acids is 1. The molecule has 0 radical (unpaired) electrons. The summed E-state index contributed by atoms with van der Waals surface area (Å²) in [5.41, 5.74) is 0.511. The number of unbranched alkanes of at least 4 members (excludes halogenated alkanes) is 5. The molecule has 0 saturated carbocycles. The molecule has 0 aromatic carbocycles. The Kier molecular flexibility index (Phi) is 8.19. The van der Waals surface area contributed by atoms with E-state index < -0.39 is 0 Å². The van der Waals surface area contributed by atoms with E-state index in [0.717, 1.165) is 37.6 Å². The van der Waals surface area contributed by atoms with Gasteiger partial charge in [-0.15, -0.1) is 0 Å². The van der Waals surface area contributed by atoms with E-state index in [2.05, 4.69) is 22.5 Å². The largest absolute Gasteiger partial charge is 0.494 e. The third kappa shape index (κ3) is 6.25. The van der Waals surface area contributed by atoms with Crippen molar-refractivity contribution >= 4 is 11.9 Å². The first-order valence-electron chi connectivity index (χ1n) is 9.16. The highest BCUT2D eigenvalue weighted by Gasteiger charge is 2.17. The fourth-order valence-corrected chi connectivity index (χ4v) is 2.74. The molecule has 0 aromatic heterocycles. The van der Waals surface area contributed by atoms with Gasteiger partial charge in [0.1, 0.15) is 17.7 Å². The summed E-state index contributed by atoms with van der Waals surface area (Å²) >= 11 is 0. The summed E-state index contributed by atoms with van der Waals surface area (Å²) in [7, 11) is 0. The van der Waals surface area contributed by atoms with Crippen LogP contribution in [0.3, 0.4) is 0 Å². The number of hydrogen-bond acceptors (Lipinski definition) is 3. The Hall–Kier alpha value is -2.00. The smallest absolute Gasteiger partial charge is 0.192 e. The molecule has 24 heavy (non-hydrogen) atoms. The average Bonchev–Trinajstić information content (AvgIpc) is 2.63. The molecule has 2 aliphatic rings. The molecule has 1 atom stereocenters. The van der Waals surface area contributed by atoms with Crippen molar-refractivity contribution in [3.05, 3.63) is 29.6 Å². The molecule has 0 spiro atoms. The summed E-state index contributed by atoms with van der Waals surface area (Å²) in [5, 5.41) is 6.39. The lowest BCUT2D eigenvalue weighted by molar-refractivity contribution is 0.215. The lowest BCUT2D eigenvalue weighted by Gasteiger charge is -2.20. The van der Waals surface area contributed by atoms with Crippen LogP contribution in [-0.2, 0) is 9.53 Å². The Morgan fingerprint density at radius 1 is 1.21 bits per heavy atom. The standard InChI is InChI=1S/C19H29N3O2/c1-2-3-4-5-6-7-13-24-17-9-10-18(16(14-17)15-23)22-19-20-11-8-12-21-19/h9-10,14,18H,2-8,11-13H2,1H3,(H2,20,21,22). The number of nitrogens with one attached hydrogen (secondary N) is 2. The summed E-state index contributed by atoms with van der Waals surface area (Å²) in [4.78, 5) is 15.8. The molecule has 5 nitrogen and oxygen atoms in total. The van der Waals surface area contributed by atoms with Gasteiger partial charge in [0.15, 0.2) is 5.96 Å². The molecule has 0 aromatic rings. The van der Waals surface area contributed by atoms with E-state index in [9.17, 15) is 4.79 Å². The summed E-state index contributed by atoms with van der Waals surface area (Å²) in [6.07, 6.45) is 14.0. The highest BCUT2D eigenvalue weighted by molar-refractivity contribution is 5.81. The van der Waals surface area contributed by atoms with Crippen LogP contribution in [0, 0.1) is 0 Å². The van der Waals surface area contributed by atoms with Gasteiger partial charge in [-0.25, -0.2) is 9.79 Å². The van der Waals surface area contributed by atoms with Gasteiger partial charge in [0, 0.05) is 13.1 Å². The Bertz CT molecular complexity index is 523. The molecule has 2 N–H and O–H groups in total. The highest BCUT2D eigenvalue weighted by Crippen LogP contribution is 2.19. The normalized spacial score (nSPS) is 19.9. The van der Waals surface area contributed by atoms with Crippen LogP contribution in [0.15, 0.2) is 34.6 Å². The van der Waals surface area contributed by atoms with Crippen LogP contribution in [-0.4, -0.2) is 37.6 Å². The van der Waals surface area contributed by atoms with Crippen molar-refractivity contribution < 1.29 is 9.53 Å². The van der Waals surface area contributed by atoms with Gasteiger partial charge in [-0.1, -0.05) is 45.1 Å². The summed E-state index contributed by atoms with van der Waals surface area (Å²) in [6, 6.07) is -0.294. The molecule has 1 fully saturated rings. The van der Waals surface area contributed by atoms with Crippen LogP contribution >= 0.6 is 0 Å². The lowest BCUT2D eigenvalue weighted by atomic mass is 10.0. The van der Waals surface area contributed by atoms with Gasteiger partial charge in [0.05, 0.1) is 12.2 Å². The minimum Gasteiger partial charge on any atom is -0.494 e. The molecule has 1 unspecified atom stereocenters. The molecule has 1 aliphatic carbocycles. The van der Waals surface area contributed by atoms with Crippen LogP contribution in [0.5, 0.6) is 0 Å². The second-order valence-corrected chi connectivity index (χ2v) is 6.21. The summed E-state index contributed by atoms with van der Waals surface area (Å²) in [5.74, 6) is 3.46. The Morgan fingerprint density at radius 2 is 1.96 bits per heavy atom. The van der Waals surface area contributed by atoms with Gasteiger partial charge in [0.25, 0.3) is 0 Å². The van der Waals surface area contributed by atoms with Crippen LogP contribution in [0.25, 0.3) is 0 Å². The predicted molar refractivity (Wildman–Crippen MR) is 97.6 cm³/mol. The number of allylic oxidation sites excluding steroid dienone is 1. The summed E-state index contributed by atoms with van der Waals surface area (Å²) < 4.78 is 5.75. The van der Waals surface area contributed by atoms with E-state index >= 15 is 0 Å². The molecular weight excluding hydrogens is 302 g/mol. The first kappa shape index (κ1) is 18.3. The van der Waals surface area contributed by atoms with Crippen molar-refractivity contribution in [1.29, 1.82) is 0 Å². The zero-order chi connectivity index (χ0) is 17.0. The number of ether oxygens (including phenoxy) is 1. The molecule has 2 rings (SSSR count). The molecule has 1 aliphatic heterocycles. The summed E-state index contributed by atoms with van der Waals surface area (Å²) in [6.45, 7) is 4.73. The van der Waals surface area contributed by atoms with Gasteiger partial charge in [0.2, 0.25) is 0 Å². The van der Waals surface area contributed by atoms with Gasteiger partial charge in [-0.2, -0.15) is 0 Å². The van der Waals surface area contributed by atoms with Crippen LogP contribution in [0.1, 0.15) is 51.9 Å². The van der Waals surface area contributed by atoms with E-state index in [-0.39, 0.29) is 6.04 Å². The highest BCUT2D eigenvalue weighted by atomic mass is 16.5. The molecular formula is C19H29N3O2. The average molecular weight is 331 g/mol. The Labute approximate surface area is 144 Å². The van der Waals surface area contributed by atoms with E-state index in [4.69, 9.17) is 4.74 Å².